The number of ether oxygens (including phenoxy) is 2. The molecule has 1 aromatic heterocycles. The molecule has 2 N–H and O–H groups in total. The Morgan fingerprint density at radius 2 is 2.07 bits per heavy atom. The number of anilines is 1. The average molecular weight is 417 g/mol. The lowest BCUT2D eigenvalue weighted by Crippen LogP contribution is -2.54. The van der Waals surface area contributed by atoms with Gasteiger partial charge in [-0.2, -0.15) is 0 Å². The Labute approximate surface area is 173 Å². The van der Waals surface area contributed by atoms with Crippen LogP contribution in [0, 0.1) is 5.82 Å². The van der Waals surface area contributed by atoms with Crippen molar-refractivity contribution in [2.75, 3.05) is 24.5 Å². The van der Waals surface area contributed by atoms with Gasteiger partial charge in [0.2, 0.25) is 0 Å². The van der Waals surface area contributed by atoms with Crippen LogP contribution in [-0.2, 0) is 4.74 Å². The number of hydrogen-bond acceptors (Lipinski definition) is 7. The van der Waals surface area contributed by atoms with Crippen molar-refractivity contribution < 1.29 is 23.5 Å². The highest BCUT2D eigenvalue weighted by Crippen LogP contribution is 2.34. The number of hydrogen-bond donors (Lipinski definition) is 1. The Morgan fingerprint density at radius 1 is 1.33 bits per heavy atom. The zero-order chi connectivity index (χ0) is 21.8. The van der Waals surface area contributed by atoms with E-state index >= 15 is 0 Å². The van der Waals surface area contributed by atoms with Gasteiger partial charge in [0.15, 0.2) is 11.6 Å². The van der Waals surface area contributed by atoms with Crippen LogP contribution < -0.4 is 15.4 Å². The molecule has 0 saturated carbocycles. The molecule has 1 aliphatic heterocycles. The third kappa shape index (κ3) is 4.58. The van der Waals surface area contributed by atoms with E-state index in [0.29, 0.717) is 31.2 Å². The molecule has 3 rings (SSSR count). The van der Waals surface area contributed by atoms with Gasteiger partial charge in [-0.15, -0.1) is 0 Å². The normalized spacial score (nSPS) is 13.7. The number of primary amides is 1. The standard InChI is InChI=1S/C20H24FN5O4/c1-4-26(12(2)3)19(27)15-7-13(21)5-6-16(15)30-17-8-23-11-24-18(17)25-9-14(10-25)29-20(22)28/h5-8,11-12,14H,4,9-10H2,1-3H3,(H2,22,28). The minimum atomic E-state index is -0.834. The van der Waals surface area contributed by atoms with E-state index in [2.05, 4.69) is 9.97 Å². The number of halogens is 1. The van der Waals surface area contributed by atoms with Crippen LogP contribution in [0.4, 0.5) is 15.0 Å². The molecule has 9 nitrogen and oxygen atoms in total. The van der Waals surface area contributed by atoms with Crippen LogP contribution in [0.25, 0.3) is 0 Å². The van der Waals surface area contributed by atoms with Gasteiger partial charge in [-0.25, -0.2) is 19.2 Å². The van der Waals surface area contributed by atoms with Crippen molar-refractivity contribution in [1.29, 1.82) is 0 Å². The second-order valence-electron chi connectivity index (χ2n) is 7.10. The van der Waals surface area contributed by atoms with Gasteiger partial charge >= 0.3 is 6.09 Å². The van der Waals surface area contributed by atoms with E-state index in [4.69, 9.17) is 15.2 Å². The lowest BCUT2D eigenvalue weighted by molar-refractivity contribution is 0.0713. The molecule has 0 atom stereocenters. The number of nitrogens with two attached hydrogens (primary N) is 1. The zero-order valence-corrected chi connectivity index (χ0v) is 17.0. The van der Waals surface area contributed by atoms with Crippen molar-refractivity contribution in [2.24, 2.45) is 5.73 Å². The fraction of sp³-hybridized carbons (Fsp3) is 0.400. The molecule has 1 saturated heterocycles. The second-order valence-corrected chi connectivity index (χ2v) is 7.10. The van der Waals surface area contributed by atoms with Crippen LogP contribution >= 0.6 is 0 Å². The molecule has 0 radical (unpaired) electrons. The molecule has 0 bridgehead atoms. The summed E-state index contributed by atoms with van der Waals surface area (Å²) in [5, 5.41) is 0. The minimum Gasteiger partial charge on any atom is -0.451 e. The summed E-state index contributed by atoms with van der Waals surface area (Å²) in [6.07, 6.45) is 1.65. The molecule has 2 aromatic rings. The summed E-state index contributed by atoms with van der Waals surface area (Å²) in [5.41, 5.74) is 5.15. The predicted molar refractivity (Wildman–Crippen MR) is 107 cm³/mol. The third-order valence-corrected chi connectivity index (χ3v) is 4.71. The maximum absolute atomic E-state index is 13.9. The van der Waals surface area contributed by atoms with Crippen LogP contribution in [0.1, 0.15) is 31.1 Å². The quantitative estimate of drug-likeness (QED) is 0.737. The van der Waals surface area contributed by atoms with E-state index < -0.39 is 11.9 Å². The number of amides is 2. The van der Waals surface area contributed by atoms with Gasteiger partial charge in [-0.3, -0.25) is 4.79 Å². The molecule has 2 amide bonds. The molecular weight excluding hydrogens is 393 g/mol. The minimum absolute atomic E-state index is 0.0579. The molecule has 2 heterocycles. The van der Waals surface area contributed by atoms with E-state index in [0.717, 1.165) is 6.07 Å². The van der Waals surface area contributed by atoms with Crippen molar-refractivity contribution >= 4 is 17.8 Å². The van der Waals surface area contributed by atoms with Crippen LogP contribution in [0.15, 0.2) is 30.7 Å². The van der Waals surface area contributed by atoms with Gasteiger partial charge in [-0.05, 0) is 39.0 Å². The Hall–Kier alpha value is -3.43. The first-order valence-corrected chi connectivity index (χ1v) is 9.59. The number of rotatable bonds is 7. The van der Waals surface area contributed by atoms with Crippen LogP contribution in [-0.4, -0.2) is 58.6 Å². The van der Waals surface area contributed by atoms with E-state index in [-0.39, 0.29) is 29.4 Å². The largest absolute Gasteiger partial charge is 0.451 e. The zero-order valence-electron chi connectivity index (χ0n) is 17.0. The number of nitrogens with zero attached hydrogens (tertiary/aromatic N) is 4. The van der Waals surface area contributed by atoms with Crippen molar-refractivity contribution in [2.45, 2.75) is 32.9 Å². The van der Waals surface area contributed by atoms with Crippen LogP contribution in [0.3, 0.4) is 0 Å². The summed E-state index contributed by atoms with van der Waals surface area (Å²) in [4.78, 5) is 35.5. The fourth-order valence-electron chi connectivity index (χ4n) is 3.24. The van der Waals surface area contributed by atoms with Gasteiger partial charge in [0, 0.05) is 12.6 Å². The number of carbonyl (C=O) groups excluding carboxylic acids is 2. The monoisotopic (exact) mass is 417 g/mol. The molecule has 1 aromatic carbocycles. The fourth-order valence-corrected chi connectivity index (χ4v) is 3.24. The van der Waals surface area contributed by atoms with E-state index in [1.807, 2.05) is 25.7 Å². The van der Waals surface area contributed by atoms with Crippen LogP contribution in [0.5, 0.6) is 11.5 Å². The summed E-state index contributed by atoms with van der Waals surface area (Å²) in [5.74, 6) is 0.0852. The molecule has 1 fully saturated rings. The van der Waals surface area contributed by atoms with Gasteiger partial charge in [0.05, 0.1) is 24.8 Å². The molecule has 0 aliphatic carbocycles. The Morgan fingerprint density at radius 3 is 2.70 bits per heavy atom. The number of benzene rings is 1. The Kier molecular flexibility index (Phi) is 6.34. The second kappa shape index (κ2) is 8.93. The highest BCUT2D eigenvalue weighted by atomic mass is 19.1. The van der Waals surface area contributed by atoms with E-state index in [9.17, 15) is 14.0 Å². The molecule has 0 unspecified atom stereocenters. The van der Waals surface area contributed by atoms with Gasteiger partial charge in [0.25, 0.3) is 5.91 Å². The molecule has 0 spiro atoms. The first-order valence-electron chi connectivity index (χ1n) is 9.59. The first-order chi connectivity index (χ1) is 14.3. The Balaban J connectivity index is 1.86. The molecular formula is C20H24FN5O4. The van der Waals surface area contributed by atoms with Gasteiger partial charge < -0.3 is 25.0 Å². The highest BCUT2D eigenvalue weighted by Gasteiger charge is 2.33. The topological polar surface area (TPSA) is 111 Å². The summed E-state index contributed by atoms with van der Waals surface area (Å²) >= 11 is 0. The molecule has 30 heavy (non-hydrogen) atoms. The summed E-state index contributed by atoms with van der Waals surface area (Å²) in [6, 6.07) is 3.73. The third-order valence-electron chi connectivity index (χ3n) is 4.71. The van der Waals surface area contributed by atoms with E-state index in [1.54, 1.807) is 4.90 Å². The predicted octanol–water partition coefficient (Wildman–Crippen LogP) is 2.56. The molecule has 160 valence electrons. The first kappa shape index (κ1) is 21.3. The molecule has 1 aliphatic rings. The summed E-state index contributed by atoms with van der Waals surface area (Å²) in [6.45, 7) is 6.89. The Bertz CT molecular complexity index is 933. The van der Waals surface area contributed by atoms with Crippen LogP contribution in [0.2, 0.25) is 0 Å². The van der Waals surface area contributed by atoms with Gasteiger partial charge in [-0.1, -0.05) is 0 Å². The lowest BCUT2D eigenvalue weighted by atomic mass is 10.1. The maximum atomic E-state index is 13.9. The van der Waals surface area contributed by atoms with Crippen molar-refractivity contribution in [3.63, 3.8) is 0 Å². The highest BCUT2D eigenvalue weighted by molar-refractivity contribution is 5.97. The van der Waals surface area contributed by atoms with Gasteiger partial charge in [0.1, 0.15) is 24.0 Å². The van der Waals surface area contributed by atoms with Crippen molar-refractivity contribution in [1.82, 2.24) is 14.9 Å². The summed E-state index contributed by atoms with van der Waals surface area (Å²) in [7, 11) is 0. The summed E-state index contributed by atoms with van der Waals surface area (Å²) < 4.78 is 24.8. The lowest BCUT2D eigenvalue weighted by Gasteiger charge is -2.39. The van der Waals surface area contributed by atoms with Crippen molar-refractivity contribution in [3.8, 4) is 11.5 Å². The van der Waals surface area contributed by atoms with Crippen molar-refractivity contribution in [3.05, 3.63) is 42.1 Å². The average Bonchev–Trinajstić information content (AvgIpc) is 2.66. The number of aromatic nitrogens is 2. The maximum Gasteiger partial charge on any atom is 0.404 e. The SMILES string of the molecule is CCN(C(=O)c1cc(F)ccc1Oc1cncnc1N1CC(OC(N)=O)C1)C(C)C. The number of carbonyl (C=O) groups is 2. The smallest absolute Gasteiger partial charge is 0.404 e. The molecule has 10 heteroatoms. The van der Waals surface area contributed by atoms with E-state index in [1.165, 1.54) is 24.7 Å².